The van der Waals surface area contributed by atoms with E-state index in [1.807, 2.05) is 0 Å². The Morgan fingerprint density at radius 3 is 2.03 bits per heavy atom. The molecule has 1 heterocycles. The Balaban J connectivity index is 1.43. The minimum absolute atomic E-state index is 0.0945. The van der Waals surface area contributed by atoms with E-state index in [0.717, 1.165) is 32.5 Å². The van der Waals surface area contributed by atoms with Gasteiger partial charge in [-0.25, -0.2) is 12.7 Å². The number of rotatable bonds is 6. The molecular formula is C25H34N2O2S. The number of benzene rings is 2. The van der Waals surface area contributed by atoms with E-state index >= 15 is 0 Å². The zero-order valence-electron chi connectivity index (χ0n) is 18.2. The molecule has 1 saturated heterocycles. The standard InChI is InChI=1S/C25H34N2O2S/c1-26(30(2,28)29)24-17-23(25(18-24)22-11-7-4-8-12-22)19-27-15-13-21(14-16-27)20-9-5-3-6-10-20/h3-12,21,23-25H,13-19H2,1-2H3. The molecule has 1 saturated carbocycles. The second kappa shape index (κ2) is 9.21. The van der Waals surface area contributed by atoms with Gasteiger partial charge in [-0.2, -0.15) is 0 Å². The molecule has 1 aliphatic carbocycles. The Bertz CT molecular complexity index is 909. The van der Waals surface area contributed by atoms with Crippen LogP contribution in [0, 0.1) is 5.92 Å². The van der Waals surface area contributed by atoms with Crippen molar-refractivity contribution in [2.45, 2.75) is 43.6 Å². The summed E-state index contributed by atoms with van der Waals surface area (Å²) in [6.45, 7) is 3.32. The number of hydrogen-bond acceptors (Lipinski definition) is 3. The third-order valence-corrected chi connectivity index (χ3v) is 8.63. The predicted octanol–water partition coefficient (Wildman–Crippen LogP) is 4.32. The van der Waals surface area contributed by atoms with Crippen LogP contribution in [0.15, 0.2) is 60.7 Å². The average molecular weight is 427 g/mol. The highest BCUT2D eigenvalue weighted by molar-refractivity contribution is 7.88. The molecule has 30 heavy (non-hydrogen) atoms. The van der Waals surface area contributed by atoms with E-state index in [-0.39, 0.29) is 6.04 Å². The van der Waals surface area contributed by atoms with Crippen LogP contribution in [0.3, 0.4) is 0 Å². The molecule has 3 atom stereocenters. The van der Waals surface area contributed by atoms with Crippen molar-refractivity contribution in [2.24, 2.45) is 5.92 Å². The SMILES string of the molecule is CN(C1CC(CN2CCC(c3ccccc3)CC2)C(c2ccccc2)C1)S(C)(=O)=O. The van der Waals surface area contributed by atoms with Gasteiger partial charge >= 0.3 is 0 Å². The van der Waals surface area contributed by atoms with Crippen molar-refractivity contribution in [1.29, 1.82) is 0 Å². The molecule has 0 aromatic heterocycles. The van der Waals surface area contributed by atoms with Crippen LogP contribution in [-0.2, 0) is 10.0 Å². The van der Waals surface area contributed by atoms with Crippen molar-refractivity contribution in [2.75, 3.05) is 32.9 Å². The minimum Gasteiger partial charge on any atom is -0.303 e. The summed E-state index contributed by atoms with van der Waals surface area (Å²) in [6, 6.07) is 21.7. The fourth-order valence-corrected chi connectivity index (χ4v) is 6.19. The van der Waals surface area contributed by atoms with E-state index in [1.54, 1.807) is 11.4 Å². The molecular weight excluding hydrogens is 392 g/mol. The van der Waals surface area contributed by atoms with Crippen LogP contribution in [-0.4, -0.2) is 56.6 Å². The lowest BCUT2D eigenvalue weighted by molar-refractivity contribution is 0.176. The molecule has 0 radical (unpaired) electrons. The van der Waals surface area contributed by atoms with Crippen LogP contribution in [0.25, 0.3) is 0 Å². The van der Waals surface area contributed by atoms with Crippen LogP contribution in [0.5, 0.6) is 0 Å². The number of piperidine rings is 1. The summed E-state index contributed by atoms with van der Waals surface area (Å²) in [5.41, 5.74) is 2.82. The first-order valence-corrected chi connectivity index (χ1v) is 13.0. The van der Waals surface area contributed by atoms with Crippen molar-refractivity contribution in [3.05, 3.63) is 71.8 Å². The maximum absolute atomic E-state index is 12.1. The van der Waals surface area contributed by atoms with Crippen LogP contribution in [0.2, 0.25) is 0 Å². The van der Waals surface area contributed by atoms with Gasteiger partial charge in [-0.15, -0.1) is 0 Å². The van der Waals surface area contributed by atoms with Crippen molar-refractivity contribution >= 4 is 10.0 Å². The summed E-state index contributed by atoms with van der Waals surface area (Å²) in [7, 11) is -1.42. The molecule has 3 unspecified atom stereocenters. The molecule has 4 nitrogen and oxygen atoms in total. The first-order valence-electron chi connectivity index (χ1n) is 11.2. The van der Waals surface area contributed by atoms with E-state index in [9.17, 15) is 8.42 Å². The van der Waals surface area contributed by atoms with Crippen LogP contribution in [0.4, 0.5) is 0 Å². The van der Waals surface area contributed by atoms with E-state index in [4.69, 9.17) is 0 Å². The molecule has 2 aromatic rings. The maximum Gasteiger partial charge on any atom is 0.211 e. The summed E-state index contributed by atoms with van der Waals surface area (Å²) in [5.74, 6) is 1.59. The second-order valence-electron chi connectivity index (χ2n) is 9.17. The number of nitrogens with zero attached hydrogens (tertiary/aromatic N) is 2. The molecule has 4 rings (SSSR count). The van der Waals surface area contributed by atoms with Crippen LogP contribution in [0.1, 0.15) is 48.6 Å². The number of likely N-dealkylation sites (tertiary alicyclic amines) is 1. The van der Waals surface area contributed by atoms with Gasteiger partial charge in [0.2, 0.25) is 10.0 Å². The fraction of sp³-hybridized carbons (Fsp3) is 0.520. The summed E-state index contributed by atoms with van der Waals surface area (Å²) < 4.78 is 25.9. The third kappa shape index (κ3) is 4.96. The quantitative estimate of drug-likeness (QED) is 0.691. The molecule has 2 aromatic carbocycles. The summed E-state index contributed by atoms with van der Waals surface area (Å²) in [6.07, 6.45) is 5.60. The maximum atomic E-state index is 12.1. The highest BCUT2D eigenvalue weighted by Gasteiger charge is 2.40. The van der Waals surface area contributed by atoms with Gasteiger partial charge in [0, 0.05) is 19.6 Å². The molecule has 2 fully saturated rings. The van der Waals surface area contributed by atoms with E-state index in [1.165, 1.54) is 30.2 Å². The van der Waals surface area contributed by atoms with Gasteiger partial charge in [0.15, 0.2) is 0 Å². The first-order chi connectivity index (χ1) is 14.4. The van der Waals surface area contributed by atoms with E-state index in [0.29, 0.717) is 17.8 Å². The normalized spacial score (nSPS) is 26.3. The molecule has 1 aliphatic heterocycles. The van der Waals surface area contributed by atoms with Crippen molar-refractivity contribution < 1.29 is 8.42 Å². The molecule has 162 valence electrons. The molecule has 0 N–H and O–H groups in total. The van der Waals surface area contributed by atoms with E-state index < -0.39 is 10.0 Å². The number of sulfonamides is 1. The third-order valence-electron chi connectivity index (χ3n) is 7.29. The van der Waals surface area contributed by atoms with Crippen LogP contribution >= 0.6 is 0 Å². The molecule has 0 amide bonds. The zero-order chi connectivity index (χ0) is 21.1. The molecule has 0 spiro atoms. The van der Waals surface area contributed by atoms with Gasteiger partial charge in [-0.05, 0) is 67.7 Å². The lowest BCUT2D eigenvalue weighted by atomic mass is 9.86. The highest BCUT2D eigenvalue weighted by atomic mass is 32.2. The predicted molar refractivity (Wildman–Crippen MR) is 123 cm³/mol. The molecule has 0 bridgehead atoms. The fourth-order valence-electron chi connectivity index (χ4n) is 5.48. The average Bonchev–Trinajstić information content (AvgIpc) is 3.18. The highest BCUT2D eigenvalue weighted by Crippen LogP contribution is 2.43. The second-order valence-corrected chi connectivity index (χ2v) is 11.2. The van der Waals surface area contributed by atoms with E-state index in [2.05, 4.69) is 65.6 Å². The first kappa shape index (κ1) is 21.5. The summed E-state index contributed by atoms with van der Waals surface area (Å²) in [4.78, 5) is 2.61. The van der Waals surface area contributed by atoms with Crippen molar-refractivity contribution in [3.63, 3.8) is 0 Å². The smallest absolute Gasteiger partial charge is 0.211 e. The topological polar surface area (TPSA) is 40.6 Å². The van der Waals surface area contributed by atoms with Gasteiger partial charge in [0.1, 0.15) is 0 Å². The Morgan fingerprint density at radius 2 is 1.47 bits per heavy atom. The van der Waals surface area contributed by atoms with Gasteiger partial charge in [-0.3, -0.25) is 0 Å². The summed E-state index contributed by atoms with van der Waals surface area (Å²) >= 11 is 0. The van der Waals surface area contributed by atoms with Gasteiger partial charge in [0.05, 0.1) is 6.26 Å². The number of hydrogen-bond donors (Lipinski definition) is 0. The van der Waals surface area contributed by atoms with Gasteiger partial charge < -0.3 is 4.90 Å². The molecule has 5 heteroatoms. The van der Waals surface area contributed by atoms with Gasteiger partial charge in [-0.1, -0.05) is 60.7 Å². The Labute approximate surface area is 182 Å². The Kier molecular flexibility index (Phi) is 6.61. The minimum atomic E-state index is -3.17. The zero-order valence-corrected chi connectivity index (χ0v) is 19.0. The van der Waals surface area contributed by atoms with Crippen molar-refractivity contribution in [1.82, 2.24) is 9.21 Å². The Hall–Kier alpha value is -1.69. The summed E-state index contributed by atoms with van der Waals surface area (Å²) in [5, 5.41) is 0. The van der Waals surface area contributed by atoms with Crippen molar-refractivity contribution in [3.8, 4) is 0 Å². The lowest BCUT2D eigenvalue weighted by Crippen LogP contribution is -2.38. The Morgan fingerprint density at radius 1 is 0.900 bits per heavy atom. The lowest BCUT2D eigenvalue weighted by Gasteiger charge is -2.35. The molecule has 2 aliphatic rings. The van der Waals surface area contributed by atoms with Crippen LogP contribution < -0.4 is 0 Å². The largest absolute Gasteiger partial charge is 0.303 e. The monoisotopic (exact) mass is 426 g/mol. The van der Waals surface area contributed by atoms with Gasteiger partial charge in [0.25, 0.3) is 0 Å².